The van der Waals surface area contributed by atoms with E-state index in [1.165, 1.54) is 23.3 Å². The summed E-state index contributed by atoms with van der Waals surface area (Å²) in [4.78, 5) is 16.2. The number of hydrogen-bond acceptors (Lipinski definition) is 4. The zero-order valence-corrected chi connectivity index (χ0v) is 13.5. The summed E-state index contributed by atoms with van der Waals surface area (Å²) >= 11 is 1.75. The number of nitrogens with one attached hydrogen (secondary N) is 1. The van der Waals surface area contributed by atoms with Crippen LogP contribution in [0.3, 0.4) is 0 Å². The topological polar surface area (TPSA) is 41.6 Å². The maximum atomic E-state index is 12.4. The lowest BCUT2D eigenvalue weighted by atomic mass is 9.95. The number of ether oxygens (including phenoxy) is 1. The first-order chi connectivity index (χ1) is 10.3. The van der Waals surface area contributed by atoms with Gasteiger partial charge in [-0.1, -0.05) is 0 Å². The highest BCUT2D eigenvalue weighted by atomic mass is 32.1. The van der Waals surface area contributed by atoms with E-state index in [2.05, 4.69) is 17.1 Å². The minimum atomic E-state index is 0.106. The monoisotopic (exact) mass is 308 g/mol. The normalized spacial score (nSPS) is 20.8. The lowest BCUT2D eigenvalue weighted by Crippen LogP contribution is -2.47. The smallest absolute Gasteiger partial charge is 0.252 e. The summed E-state index contributed by atoms with van der Waals surface area (Å²) in [7, 11) is 0. The van der Waals surface area contributed by atoms with Gasteiger partial charge in [0.05, 0.1) is 18.8 Å². The van der Waals surface area contributed by atoms with Crippen LogP contribution in [0.2, 0.25) is 0 Å². The number of amides is 1. The fourth-order valence-corrected chi connectivity index (χ4v) is 4.29. The van der Waals surface area contributed by atoms with E-state index >= 15 is 0 Å². The van der Waals surface area contributed by atoms with Gasteiger partial charge in [0.15, 0.2) is 0 Å². The molecule has 0 aromatic carbocycles. The molecule has 116 valence electrons. The SMILES string of the molecule is C[C@@H](CNC(=O)c1csc2c1CCCC2)N1CCOCC1. The third-order valence-corrected chi connectivity index (χ3v) is 5.62. The first kappa shape index (κ1) is 15.0. The number of carbonyl (C=O) groups is 1. The lowest BCUT2D eigenvalue weighted by Gasteiger charge is -2.32. The molecular formula is C16H24N2O2S. The molecule has 0 radical (unpaired) electrons. The van der Waals surface area contributed by atoms with E-state index < -0.39 is 0 Å². The third kappa shape index (κ3) is 3.47. The van der Waals surface area contributed by atoms with Crippen molar-refractivity contribution in [3.63, 3.8) is 0 Å². The van der Waals surface area contributed by atoms with Crippen LogP contribution in [0.25, 0.3) is 0 Å². The van der Waals surface area contributed by atoms with Gasteiger partial charge in [0.1, 0.15) is 0 Å². The van der Waals surface area contributed by atoms with Crippen LogP contribution in [0.1, 0.15) is 40.6 Å². The van der Waals surface area contributed by atoms with Crippen LogP contribution in [-0.2, 0) is 17.6 Å². The molecule has 1 N–H and O–H groups in total. The molecule has 2 heterocycles. The Morgan fingerprint density at radius 1 is 1.38 bits per heavy atom. The molecule has 1 fully saturated rings. The standard InChI is InChI=1S/C16H24N2O2S/c1-12(18-6-8-20-9-7-18)10-17-16(19)14-11-21-15-5-3-2-4-13(14)15/h11-12H,2-10H2,1H3,(H,17,19)/t12-/m0/s1. The second kappa shape index (κ2) is 6.90. The van der Waals surface area contributed by atoms with Crippen molar-refractivity contribution in [2.24, 2.45) is 0 Å². The molecule has 0 unspecified atom stereocenters. The first-order valence-electron chi connectivity index (χ1n) is 7.95. The third-order valence-electron chi connectivity index (χ3n) is 4.53. The summed E-state index contributed by atoms with van der Waals surface area (Å²) in [6.07, 6.45) is 4.70. The summed E-state index contributed by atoms with van der Waals surface area (Å²) in [6.45, 7) is 6.42. The van der Waals surface area contributed by atoms with Crippen molar-refractivity contribution >= 4 is 17.2 Å². The van der Waals surface area contributed by atoms with Crippen LogP contribution in [-0.4, -0.2) is 49.7 Å². The van der Waals surface area contributed by atoms with Crippen molar-refractivity contribution in [2.45, 2.75) is 38.6 Å². The largest absolute Gasteiger partial charge is 0.379 e. The maximum absolute atomic E-state index is 12.4. The van der Waals surface area contributed by atoms with Crippen LogP contribution in [0, 0.1) is 0 Å². The molecule has 0 saturated carbocycles. The number of thiophene rings is 1. The average Bonchev–Trinajstić information content (AvgIpc) is 2.97. The van der Waals surface area contributed by atoms with E-state index in [-0.39, 0.29) is 5.91 Å². The van der Waals surface area contributed by atoms with Crippen LogP contribution in [0.15, 0.2) is 5.38 Å². The predicted molar refractivity (Wildman–Crippen MR) is 85.1 cm³/mol. The molecular weight excluding hydrogens is 284 g/mol. The first-order valence-corrected chi connectivity index (χ1v) is 8.83. The fourth-order valence-electron chi connectivity index (χ4n) is 3.17. The number of aryl methyl sites for hydroxylation is 1. The predicted octanol–water partition coefficient (Wildman–Crippen LogP) is 2.08. The molecule has 3 rings (SSSR count). The van der Waals surface area contributed by atoms with Crippen molar-refractivity contribution in [1.29, 1.82) is 0 Å². The van der Waals surface area contributed by atoms with E-state index in [4.69, 9.17) is 4.74 Å². The molecule has 0 spiro atoms. The molecule has 4 nitrogen and oxygen atoms in total. The molecule has 1 aliphatic carbocycles. The zero-order chi connectivity index (χ0) is 14.7. The van der Waals surface area contributed by atoms with Crippen molar-refractivity contribution in [1.82, 2.24) is 10.2 Å². The highest BCUT2D eigenvalue weighted by molar-refractivity contribution is 7.10. The molecule has 1 aromatic rings. The number of fused-ring (bicyclic) bond motifs is 1. The average molecular weight is 308 g/mol. The Hall–Kier alpha value is -0.910. The van der Waals surface area contributed by atoms with Crippen LogP contribution in [0.4, 0.5) is 0 Å². The van der Waals surface area contributed by atoms with E-state index in [1.807, 2.05) is 5.38 Å². The minimum absolute atomic E-state index is 0.106. The Bertz CT molecular complexity index is 494. The molecule has 1 aromatic heterocycles. The number of hydrogen-bond donors (Lipinski definition) is 1. The fraction of sp³-hybridized carbons (Fsp3) is 0.688. The van der Waals surface area contributed by atoms with Gasteiger partial charge in [-0.15, -0.1) is 11.3 Å². The summed E-state index contributed by atoms with van der Waals surface area (Å²) in [5, 5.41) is 5.16. The quantitative estimate of drug-likeness (QED) is 0.926. The molecule has 1 saturated heterocycles. The Kier molecular flexibility index (Phi) is 4.93. The molecule has 0 bridgehead atoms. The second-order valence-corrected chi connectivity index (χ2v) is 6.93. The van der Waals surface area contributed by atoms with Crippen LogP contribution >= 0.6 is 11.3 Å². The molecule has 1 aliphatic heterocycles. The lowest BCUT2D eigenvalue weighted by molar-refractivity contribution is 0.0204. The van der Waals surface area contributed by atoms with E-state index in [0.29, 0.717) is 12.6 Å². The van der Waals surface area contributed by atoms with Crippen molar-refractivity contribution < 1.29 is 9.53 Å². The summed E-state index contributed by atoms with van der Waals surface area (Å²) in [5.74, 6) is 0.106. The molecule has 2 aliphatic rings. The number of carbonyl (C=O) groups excluding carboxylic acids is 1. The Balaban J connectivity index is 1.55. The van der Waals surface area contributed by atoms with Gasteiger partial charge in [0.25, 0.3) is 5.91 Å². The van der Waals surface area contributed by atoms with Gasteiger partial charge in [-0.3, -0.25) is 9.69 Å². The number of morpholine rings is 1. The molecule has 1 amide bonds. The van der Waals surface area contributed by atoms with E-state index in [9.17, 15) is 4.79 Å². The van der Waals surface area contributed by atoms with Gasteiger partial charge >= 0.3 is 0 Å². The van der Waals surface area contributed by atoms with E-state index in [1.54, 1.807) is 11.3 Å². The zero-order valence-electron chi connectivity index (χ0n) is 12.7. The van der Waals surface area contributed by atoms with Crippen molar-refractivity contribution in [3.8, 4) is 0 Å². The second-order valence-electron chi connectivity index (χ2n) is 5.97. The van der Waals surface area contributed by atoms with E-state index in [0.717, 1.165) is 44.7 Å². The summed E-state index contributed by atoms with van der Waals surface area (Å²) < 4.78 is 5.37. The van der Waals surface area contributed by atoms with Crippen LogP contribution in [0.5, 0.6) is 0 Å². The van der Waals surface area contributed by atoms with Crippen molar-refractivity contribution in [2.75, 3.05) is 32.8 Å². The van der Waals surface area contributed by atoms with Gasteiger partial charge in [-0.2, -0.15) is 0 Å². The Labute approximate surface area is 130 Å². The minimum Gasteiger partial charge on any atom is -0.379 e. The molecule has 5 heteroatoms. The number of rotatable bonds is 4. The number of nitrogens with zero attached hydrogens (tertiary/aromatic N) is 1. The maximum Gasteiger partial charge on any atom is 0.252 e. The highest BCUT2D eigenvalue weighted by Crippen LogP contribution is 2.30. The molecule has 21 heavy (non-hydrogen) atoms. The summed E-state index contributed by atoms with van der Waals surface area (Å²) in [5.41, 5.74) is 2.23. The Morgan fingerprint density at radius 2 is 2.14 bits per heavy atom. The van der Waals surface area contributed by atoms with Gasteiger partial charge in [0, 0.05) is 35.9 Å². The Morgan fingerprint density at radius 3 is 2.95 bits per heavy atom. The van der Waals surface area contributed by atoms with Gasteiger partial charge in [-0.05, 0) is 38.2 Å². The summed E-state index contributed by atoms with van der Waals surface area (Å²) in [6, 6.07) is 0.368. The van der Waals surface area contributed by atoms with Crippen LogP contribution < -0.4 is 5.32 Å². The van der Waals surface area contributed by atoms with Crippen molar-refractivity contribution in [3.05, 3.63) is 21.4 Å². The van der Waals surface area contributed by atoms with Gasteiger partial charge in [0.2, 0.25) is 0 Å². The highest BCUT2D eigenvalue weighted by Gasteiger charge is 2.21. The molecule has 1 atom stereocenters. The van der Waals surface area contributed by atoms with Gasteiger partial charge < -0.3 is 10.1 Å². The van der Waals surface area contributed by atoms with Gasteiger partial charge in [-0.25, -0.2) is 0 Å².